The second kappa shape index (κ2) is 4.46. The van der Waals surface area contributed by atoms with E-state index in [1.54, 1.807) is 19.2 Å². The highest BCUT2D eigenvalue weighted by atomic mass is 35.5. The Morgan fingerprint density at radius 2 is 2.31 bits per heavy atom. The van der Waals surface area contributed by atoms with E-state index in [0.717, 1.165) is 0 Å². The van der Waals surface area contributed by atoms with Gasteiger partial charge in [-0.1, -0.05) is 11.6 Å². The van der Waals surface area contributed by atoms with Gasteiger partial charge in [0.05, 0.1) is 12.6 Å². The van der Waals surface area contributed by atoms with Crippen LogP contribution in [-0.2, 0) is 4.74 Å². The van der Waals surface area contributed by atoms with E-state index in [4.69, 9.17) is 22.1 Å². The average Bonchev–Trinajstić information content (AvgIpc) is 2.09. The lowest BCUT2D eigenvalue weighted by atomic mass is 10.1. The summed E-state index contributed by atoms with van der Waals surface area (Å²) in [6.45, 7) is 0.355. The molecule has 1 aromatic rings. The second-order valence-electron chi connectivity index (χ2n) is 2.76. The molecular weight excluding hydrogens is 190 g/mol. The normalized spacial score (nSPS) is 12.8. The first kappa shape index (κ1) is 10.3. The fourth-order valence-corrected chi connectivity index (χ4v) is 1.27. The molecule has 0 bridgehead atoms. The van der Waals surface area contributed by atoms with Crippen LogP contribution in [0.25, 0.3) is 0 Å². The van der Waals surface area contributed by atoms with Gasteiger partial charge >= 0.3 is 0 Å². The lowest BCUT2D eigenvalue weighted by Gasteiger charge is -2.12. The first-order valence-corrected chi connectivity index (χ1v) is 4.26. The third-order valence-corrected chi connectivity index (χ3v) is 1.97. The number of phenolic OH excluding ortho intramolecular Hbond substituents is 1. The minimum Gasteiger partial charge on any atom is -0.508 e. The molecule has 4 heteroatoms. The van der Waals surface area contributed by atoms with Gasteiger partial charge in [-0.2, -0.15) is 0 Å². The molecule has 1 rings (SSSR count). The highest BCUT2D eigenvalue weighted by molar-refractivity contribution is 6.30. The predicted molar refractivity (Wildman–Crippen MR) is 51.9 cm³/mol. The van der Waals surface area contributed by atoms with Gasteiger partial charge in [-0.15, -0.1) is 0 Å². The third kappa shape index (κ3) is 2.59. The van der Waals surface area contributed by atoms with Crippen molar-refractivity contribution in [1.82, 2.24) is 0 Å². The van der Waals surface area contributed by atoms with E-state index in [2.05, 4.69) is 0 Å². The molecule has 0 heterocycles. The summed E-state index contributed by atoms with van der Waals surface area (Å²) in [5.74, 6) is 0.147. The zero-order valence-electron chi connectivity index (χ0n) is 7.33. The number of hydrogen-bond acceptors (Lipinski definition) is 3. The van der Waals surface area contributed by atoms with E-state index < -0.39 is 0 Å². The number of methoxy groups -OCH3 is 1. The molecule has 0 aliphatic carbocycles. The van der Waals surface area contributed by atoms with Crippen molar-refractivity contribution in [2.24, 2.45) is 5.73 Å². The van der Waals surface area contributed by atoms with E-state index in [9.17, 15) is 5.11 Å². The Morgan fingerprint density at radius 1 is 1.62 bits per heavy atom. The Labute approximate surface area is 82.1 Å². The number of phenols is 1. The number of hydrogen-bond donors (Lipinski definition) is 2. The number of benzene rings is 1. The third-order valence-electron chi connectivity index (χ3n) is 1.74. The van der Waals surface area contributed by atoms with Crippen molar-refractivity contribution in [3.8, 4) is 5.75 Å². The number of rotatable bonds is 3. The van der Waals surface area contributed by atoms with Crippen molar-refractivity contribution >= 4 is 11.6 Å². The van der Waals surface area contributed by atoms with Crippen LogP contribution in [0.5, 0.6) is 5.75 Å². The molecule has 3 N–H and O–H groups in total. The van der Waals surface area contributed by atoms with Gasteiger partial charge in [-0.3, -0.25) is 0 Å². The second-order valence-corrected chi connectivity index (χ2v) is 3.20. The van der Waals surface area contributed by atoms with E-state index in [-0.39, 0.29) is 11.8 Å². The summed E-state index contributed by atoms with van der Waals surface area (Å²) in [5, 5.41) is 9.99. The minimum absolute atomic E-state index is 0.147. The highest BCUT2D eigenvalue weighted by Crippen LogP contribution is 2.25. The molecule has 0 saturated carbocycles. The molecule has 13 heavy (non-hydrogen) atoms. The van der Waals surface area contributed by atoms with E-state index in [1.807, 2.05) is 0 Å². The summed E-state index contributed by atoms with van der Waals surface area (Å²) in [4.78, 5) is 0. The fourth-order valence-electron chi connectivity index (χ4n) is 1.09. The number of nitrogens with two attached hydrogens (primary N) is 1. The van der Waals surface area contributed by atoms with Crippen molar-refractivity contribution in [3.63, 3.8) is 0 Å². The van der Waals surface area contributed by atoms with Crippen LogP contribution in [-0.4, -0.2) is 18.8 Å². The summed E-state index contributed by atoms with van der Waals surface area (Å²) >= 11 is 5.75. The van der Waals surface area contributed by atoms with Crippen LogP contribution in [0.4, 0.5) is 0 Å². The Bertz CT molecular complexity index is 291. The summed E-state index contributed by atoms with van der Waals surface area (Å²) < 4.78 is 4.87. The van der Waals surface area contributed by atoms with Crippen LogP contribution in [0.2, 0.25) is 5.02 Å². The predicted octanol–water partition coefficient (Wildman–Crippen LogP) is 1.69. The first-order valence-electron chi connectivity index (χ1n) is 3.88. The van der Waals surface area contributed by atoms with Gasteiger partial charge in [-0.25, -0.2) is 0 Å². The maximum Gasteiger partial charge on any atom is 0.120 e. The van der Waals surface area contributed by atoms with Crippen LogP contribution in [0.1, 0.15) is 11.6 Å². The zero-order chi connectivity index (χ0) is 9.84. The Hall–Kier alpha value is -0.770. The van der Waals surface area contributed by atoms with Crippen molar-refractivity contribution in [1.29, 1.82) is 0 Å². The molecule has 0 aliphatic heterocycles. The lowest BCUT2D eigenvalue weighted by Crippen LogP contribution is -2.16. The molecule has 1 unspecified atom stereocenters. The number of halogens is 1. The first-order chi connectivity index (χ1) is 6.15. The van der Waals surface area contributed by atoms with Crippen molar-refractivity contribution in [2.75, 3.05) is 13.7 Å². The number of ether oxygens (including phenoxy) is 1. The Kier molecular flexibility index (Phi) is 3.54. The lowest BCUT2D eigenvalue weighted by molar-refractivity contribution is 0.180. The average molecular weight is 202 g/mol. The molecule has 0 fully saturated rings. The standard InChI is InChI=1S/C9H12ClNO2/c1-13-5-8(11)7-4-6(10)2-3-9(7)12/h2-4,8,12H,5,11H2,1H3. The van der Waals surface area contributed by atoms with Gasteiger partial charge in [0.15, 0.2) is 0 Å². The van der Waals surface area contributed by atoms with E-state index in [0.29, 0.717) is 17.2 Å². The van der Waals surface area contributed by atoms with Gasteiger partial charge < -0.3 is 15.6 Å². The van der Waals surface area contributed by atoms with Crippen LogP contribution in [0.15, 0.2) is 18.2 Å². The maximum atomic E-state index is 9.44. The maximum absolute atomic E-state index is 9.44. The topological polar surface area (TPSA) is 55.5 Å². The quantitative estimate of drug-likeness (QED) is 0.783. The molecule has 0 radical (unpaired) electrons. The molecule has 72 valence electrons. The molecule has 0 amide bonds. The van der Waals surface area contributed by atoms with Gasteiger partial charge in [0.25, 0.3) is 0 Å². The van der Waals surface area contributed by atoms with Crippen LogP contribution in [0, 0.1) is 0 Å². The van der Waals surface area contributed by atoms with Gasteiger partial charge in [-0.05, 0) is 18.2 Å². The summed E-state index contributed by atoms with van der Waals surface area (Å²) in [5.41, 5.74) is 6.34. The minimum atomic E-state index is -0.344. The summed E-state index contributed by atoms with van der Waals surface area (Å²) in [6.07, 6.45) is 0. The Balaban J connectivity index is 2.91. The molecule has 0 saturated heterocycles. The monoisotopic (exact) mass is 201 g/mol. The molecule has 1 atom stereocenters. The molecule has 0 aliphatic rings. The molecular formula is C9H12ClNO2. The summed E-state index contributed by atoms with van der Waals surface area (Å²) in [7, 11) is 1.56. The number of aromatic hydroxyl groups is 1. The van der Waals surface area contributed by atoms with E-state index >= 15 is 0 Å². The SMILES string of the molecule is COCC(N)c1cc(Cl)ccc1O. The molecule has 0 aromatic heterocycles. The van der Waals surface area contributed by atoms with Crippen molar-refractivity contribution in [3.05, 3.63) is 28.8 Å². The van der Waals surface area contributed by atoms with Crippen molar-refractivity contribution < 1.29 is 9.84 Å². The highest BCUT2D eigenvalue weighted by Gasteiger charge is 2.10. The smallest absolute Gasteiger partial charge is 0.120 e. The van der Waals surface area contributed by atoms with Gasteiger partial charge in [0.1, 0.15) is 5.75 Å². The van der Waals surface area contributed by atoms with Gasteiger partial charge in [0.2, 0.25) is 0 Å². The molecule has 1 aromatic carbocycles. The van der Waals surface area contributed by atoms with Crippen molar-refractivity contribution in [2.45, 2.75) is 6.04 Å². The largest absolute Gasteiger partial charge is 0.508 e. The van der Waals surface area contributed by atoms with Gasteiger partial charge in [0, 0.05) is 17.7 Å². The summed E-state index contributed by atoms with van der Waals surface area (Å²) in [6, 6.07) is 4.43. The van der Waals surface area contributed by atoms with Crippen LogP contribution < -0.4 is 5.73 Å². The molecule has 3 nitrogen and oxygen atoms in total. The molecule has 0 spiro atoms. The fraction of sp³-hybridized carbons (Fsp3) is 0.333. The van der Waals surface area contributed by atoms with Crippen LogP contribution >= 0.6 is 11.6 Å². The van der Waals surface area contributed by atoms with E-state index in [1.165, 1.54) is 6.07 Å². The van der Waals surface area contributed by atoms with Crippen LogP contribution in [0.3, 0.4) is 0 Å². The zero-order valence-corrected chi connectivity index (χ0v) is 8.08. The Morgan fingerprint density at radius 3 is 2.92 bits per heavy atom.